The predicted octanol–water partition coefficient (Wildman–Crippen LogP) is 1.91. The van der Waals surface area contributed by atoms with Gasteiger partial charge in [0.15, 0.2) is 0 Å². The summed E-state index contributed by atoms with van der Waals surface area (Å²) in [5.74, 6) is -2.69. The lowest BCUT2D eigenvalue weighted by Gasteiger charge is -2.15. The van der Waals surface area contributed by atoms with Crippen LogP contribution in [-0.4, -0.2) is 27.0 Å². The van der Waals surface area contributed by atoms with E-state index in [1.54, 1.807) is 0 Å². The van der Waals surface area contributed by atoms with Gasteiger partial charge in [0.2, 0.25) is 0 Å². The Balaban J connectivity index is 2.15. The van der Waals surface area contributed by atoms with Crippen molar-refractivity contribution in [2.45, 2.75) is 18.8 Å². The van der Waals surface area contributed by atoms with Gasteiger partial charge in [0.25, 0.3) is 5.97 Å². The van der Waals surface area contributed by atoms with Gasteiger partial charge in [-0.1, -0.05) is 48.5 Å². The topological polar surface area (TPSA) is 85.1 Å². The van der Waals surface area contributed by atoms with E-state index in [9.17, 15) is 0 Å². The van der Waals surface area contributed by atoms with Crippen molar-refractivity contribution in [3.63, 3.8) is 0 Å². The summed E-state index contributed by atoms with van der Waals surface area (Å²) in [4.78, 5) is 0. The number of hydrogen-bond acceptors (Lipinski definition) is 5. The lowest BCUT2D eigenvalue weighted by molar-refractivity contribution is -0.313. The average Bonchev–Trinajstić information content (AvgIpc) is 2.48. The third-order valence-electron chi connectivity index (χ3n) is 2.90. The number of aliphatic hydroxyl groups is 3. The van der Waals surface area contributed by atoms with Gasteiger partial charge in [-0.05, 0) is 24.1 Å². The van der Waals surface area contributed by atoms with Crippen LogP contribution in [-0.2, 0) is 0 Å². The van der Waals surface area contributed by atoms with Crippen LogP contribution >= 0.6 is 0 Å². The highest BCUT2D eigenvalue weighted by Gasteiger charge is 2.19. The molecule has 0 aromatic heterocycles. The third-order valence-corrected chi connectivity index (χ3v) is 2.90. The molecule has 0 aliphatic carbocycles. The summed E-state index contributed by atoms with van der Waals surface area (Å²) in [6.45, 7) is 0. The van der Waals surface area contributed by atoms with Crippen molar-refractivity contribution in [3.05, 3.63) is 66.2 Å². The minimum Gasteiger partial charge on any atom is -0.344 e. The van der Waals surface area contributed by atoms with E-state index in [1.807, 2.05) is 60.7 Å². The van der Waals surface area contributed by atoms with Crippen LogP contribution in [0.1, 0.15) is 18.4 Å². The summed E-state index contributed by atoms with van der Waals surface area (Å²) < 4.78 is 0. The van der Waals surface area contributed by atoms with E-state index < -0.39 is 5.97 Å². The van der Waals surface area contributed by atoms with Crippen LogP contribution in [0.3, 0.4) is 0 Å². The van der Waals surface area contributed by atoms with Crippen molar-refractivity contribution in [2.24, 2.45) is 5.10 Å². The highest BCUT2D eigenvalue weighted by Crippen LogP contribution is 2.13. The van der Waals surface area contributed by atoms with Crippen molar-refractivity contribution in [3.8, 4) is 0 Å². The highest BCUT2D eigenvalue weighted by atomic mass is 16.7. The molecule has 21 heavy (non-hydrogen) atoms. The van der Waals surface area contributed by atoms with Crippen LogP contribution in [0.25, 0.3) is 0 Å². The van der Waals surface area contributed by atoms with Gasteiger partial charge in [0.1, 0.15) is 0 Å². The molecule has 0 spiro atoms. The van der Waals surface area contributed by atoms with Crippen molar-refractivity contribution in [2.75, 3.05) is 5.43 Å². The van der Waals surface area contributed by atoms with Gasteiger partial charge in [-0.25, -0.2) is 0 Å². The number of hydrogen-bond donors (Lipinski definition) is 4. The first-order valence-electron chi connectivity index (χ1n) is 6.65. The standard InChI is InChI=1S/C16H18N2O3/c19-16(20,21)12-11-15(13-7-3-1-4-8-13)18-17-14-9-5-2-6-10-14/h1-10,17,19-21H,11-12H2. The molecule has 0 fully saturated rings. The fraction of sp³-hybridized carbons (Fsp3) is 0.188. The highest BCUT2D eigenvalue weighted by molar-refractivity contribution is 6.00. The summed E-state index contributed by atoms with van der Waals surface area (Å²) in [6, 6.07) is 18.8. The zero-order valence-corrected chi connectivity index (χ0v) is 11.5. The van der Waals surface area contributed by atoms with Crippen molar-refractivity contribution in [1.82, 2.24) is 0 Å². The molecule has 2 rings (SSSR count). The van der Waals surface area contributed by atoms with Crippen molar-refractivity contribution < 1.29 is 15.3 Å². The van der Waals surface area contributed by atoms with Gasteiger partial charge in [-0.2, -0.15) is 5.10 Å². The molecule has 0 radical (unpaired) electrons. The molecule has 2 aromatic carbocycles. The second-order valence-electron chi connectivity index (χ2n) is 4.68. The molecule has 0 amide bonds. The molecule has 0 unspecified atom stereocenters. The van der Waals surface area contributed by atoms with E-state index in [4.69, 9.17) is 15.3 Å². The smallest absolute Gasteiger partial charge is 0.275 e. The summed E-state index contributed by atoms with van der Waals surface area (Å²) in [5, 5.41) is 31.4. The molecule has 110 valence electrons. The quantitative estimate of drug-likeness (QED) is 0.371. The first-order chi connectivity index (χ1) is 10.0. The Labute approximate surface area is 123 Å². The van der Waals surface area contributed by atoms with Crippen LogP contribution in [0.5, 0.6) is 0 Å². The minimum absolute atomic E-state index is 0.216. The fourth-order valence-electron chi connectivity index (χ4n) is 1.83. The first kappa shape index (κ1) is 15.2. The van der Waals surface area contributed by atoms with E-state index in [0.29, 0.717) is 5.71 Å². The number of nitrogens with one attached hydrogen (secondary N) is 1. The van der Waals surface area contributed by atoms with Crippen LogP contribution in [0.2, 0.25) is 0 Å². The van der Waals surface area contributed by atoms with E-state index in [-0.39, 0.29) is 12.8 Å². The normalized spacial score (nSPS) is 12.2. The number of benzene rings is 2. The Morgan fingerprint density at radius 3 is 2.05 bits per heavy atom. The second-order valence-corrected chi connectivity index (χ2v) is 4.68. The van der Waals surface area contributed by atoms with Crippen LogP contribution in [0.15, 0.2) is 65.8 Å². The average molecular weight is 286 g/mol. The van der Waals surface area contributed by atoms with Crippen LogP contribution in [0.4, 0.5) is 5.69 Å². The van der Waals surface area contributed by atoms with Gasteiger partial charge in [0, 0.05) is 6.42 Å². The Bertz CT molecular complexity index is 577. The van der Waals surface area contributed by atoms with Gasteiger partial charge < -0.3 is 15.3 Å². The molecule has 5 nitrogen and oxygen atoms in total. The maximum Gasteiger partial charge on any atom is 0.275 e. The Morgan fingerprint density at radius 2 is 1.48 bits per heavy atom. The predicted molar refractivity (Wildman–Crippen MR) is 81.7 cm³/mol. The zero-order valence-electron chi connectivity index (χ0n) is 11.5. The SMILES string of the molecule is OC(O)(O)CCC(=NNc1ccccc1)c1ccccc1. The van der Waals surface area contributed by atoms with E-state index in [1.165, 1.54) is 0 Å². The Kier molecular flexibility index (Phi) is 5.05. The van der Waals surface area contributed by atoms with Gasteiger partial charge >= 0.3 is 0 Å². The molecular weight excluding hydrogens is 268 g/mol. The zero-order chi connectivity index (χ0) is 15.1. The second kappa shape index (κ2) is 6.99. The number of para-hydroxylation sites is 1. The monoisotopic (exact) mass is 286 g/mol. The lowest BCUT2D eigenvalue weighted by atomic mass is 10.1. The van der Waals surface area contributed by atoms with Crippen LogP contribution in [0, 0.1) is 0 Å². The fourth-order valence-corrected chi connectivity index (χ4v) is 1.83. The van der Waals surface area contributed by atoms with E-state index in [2.05, 4.69) is 10.5 Å². The molecule has 4 N–H and O–H groups in total. The summed E-state index contributed by atoms with van der Waals surface area (Å²) in [5.41, 5.74) is 5.23. The van der Waals surface area contributed by atoms with Crippen molar-refractivity contribution >= 4 is 11.4 Å². The third kappa shape index (κ3) is 5.35. The van der Waals surface area contributed by atoms with Crippen LogP contribution < -0.4 is 5.43 Å². The minimum atomic E-state index is -2.69. The molecule has 0 aliphatic heterocycles. The molecule has 0 atom stereocenters. The summed E-state index contributed by atoms with van der Waals surface area (Å²) in [6.07, 6.45) is -0.00938. The molecule has 0 saturated heterocycles. The Morgan fingerprint density at radius 1 is 0.905 bits per heavy atom. The Hall–Kier alpha value is -2.21. The maximum absolute atomic E-state index is 9.03. The maximum atomic E-state index is 9.03. The molecule has 5 heteroatoms. The molecule has 2 aromatic rings. The first-order valence-corrected chi connectivity index (χ1v) is 6.65. The molecule has 0 heterocycles. The van der Waals surface area contributed by atoms with Gasteiger partial charge in [0.05, 0.1) is 11.4 Å². The lowest BCUT2D eigenvalue weighted by Crippen LogP contribution is -2.28. The molecule has 0 saturated carbocycles. The van der Waals surface area contributed by atoms with E-state index >= 15 is 0 Å². The number of hydrazone groups is 1. The molecule has 0 bridgehead atoms. The van der Waals surface area contributed by atoms with Crippen molar-refractivity contribution in [1.29, 1.82) is 0 Å². The number of rotatable bonds is 6. The molecule has 0 aliphatic rings. The van der Waals surface area contributed by atoms with Gasteiger partial charge in [-0.3, -0.25) is 5.43 Å². The largest absolute Gasteiger partial charge is 0.344 e. The number of anilines is 1. The number of nitrogens with zero attached hydrogens (tertiary/aromatic N) is 1. The van der Waals surface area contributed by atoms with E-state index in [0.717, 1.165) is 11.3 Å². The summed E-state index contributed by atoms with van der Waals surface area (Å²) in [7, 11) is 0. The molecular formula is C16H18N2O3. The summed E-state index contributed by atoms with van der Waals surface area (Å²) >= 11 is 0. The van der Waals surface area contributed by atoms with Gasteiger partial charge in [-0.15, -0.1) is 0 Å².